The van der Waals surface area contributed by atoms with Gasteiger partial charge in [-0.3, -0.25) is 10.1 Å². The molecule has 4 aromatic rings. The summed E-state index contributed by atoms with van der Waals surface area (Å²) in [6.45, 7) is 0. The molecule has 3 aromatic heterocycles. The lowest BCUT2D eigenvalue weighted by Gasteiger charge is -2.00. The van der Waals surface area contributed by atoms with E-state index in [-0.39, 0.29) is 11.5 Å². The molecule has 0 radical (unpaired) electrons. The Balaban J connectivity index is 1.50. The van der Waals surface area contributed by atoms with Crippen LogP contribution in [0.1, 0.15) is 26.4 Å². The highest BCUT2D eigenvalue weighted by atomic mass is 32.1. The summed E-state index contributed by atoms with van der Waals surface area (Å²) in [5, 5.41) is 16.2. The molecule has 0 unspecified atom stereocenters. The fraction of sp³-hybridized carbons (Fsp3) is 0.0556. The molecular weight excluding hydrogens is 367 g/mol. The van der Waals surface area contributed by atoms with E-state index in [1.165, 1.54) is 34.2 Å². The first-order valence-corrected chi connectivity index (χ1v) is 8.68. The number of aromatic nitrogens is 4. The van der Waals surface area contributed by atoms with Gasteiger partial charge >= 0.3 is 0 Å². The fourth-order valence-electron chi connectivity index (χ4n) is 2.57. The van der Waals surface area contributed by atoms with Gasteiger partial charge in [-0.25, -0.2) is 18.9 Å². The van der Waals surface area contributed by atoms with Gasteiger partial charge in [0.2, 0.25) is 0 Å². The van der Waals surface area contributed by atoms with Crippen LogP contribution in [0.15, 0.2) is 49.1 Å². The van der Waals surface area contributed by atoms with Gasteiger partial charge in [-0.05, 0) is 23.8 Å². The zero-order valence-corrected chi connectivity index (χ0v) is 14.6. The topological polar surface area (TPSA) is 96.0 Å². The molecular formula is C18H11FN6OS. The van der Waals surface area contributed by atoms with Crippen LogP contribution in [0.2, 0.25) is 0 Å². The minimum Gasteiger partial charge on any atom is -0.298 e. The third-order valence-corrected chi connectivity index (χ3v) is 4.74. The van der Waals surface area contributed by atoms with Gasteiger partial charge in [0.1, 0.15) is 17.4 Å². The molecule has 7 nitrogen and oxygen atoms in total. The number of halogens is 1. The number of nitriles is 1. The molecule has 1 aromatic carbocycles. The number of hydrogen-bond acceptors (Lipinski definition) is 6. The highest BCUT2D eigenvalue weighted by Gasteiger charge is 2.15. The predicted octanol–water partition coefficient (Wildman–Crippen LogP) is 3.04. The van der Waals surface area contributed by atoms with Gasteiger partial charge in [0.05, 0.1) is 11.8 Å². The number of nitrogens with one attached hydrogen (secondary N) is 1. The van der Waals surface area contributed by atoms with Crippen molar-refractivity contribution in [2.75, 3.05) is 5.32 Å². The van der Waals surface area contributed by atoms with Crippen molar-refractivity contribution < 1.29 is 9.18 Å². The molecule has 9 heteroatoms. The predicted molar refractivity (Wildman–Crippen MR) is 97.0 cm³/mol. The van der Waals surface area contributed by atoms with Gasteiger partial charge in [-0.1, -0.05) is 6.07 Å². The van der Waals surface area contributed by atoms with Crippen LogP contribution in [-0.2, 0) is 6.42 Å². The van der Waals surface area contributed by atoms with E-state index in [1.54, 1.807) is 30.7 Å². The fourth-order valence-corrected chi connectivity index (χ4v) is 3.41. The molecule has 27 heavy (non-hydrogen) atoms. The number of nitrogens with zero attached hydrogens (tertiary/aromatic N) is 5. The zero-order chi connectivity index (χ0) is 18.8. The van der Waals surface area contributed by atoms with Crippen molar-refractivity contribution in [2.24, 2.45) is 0 Å². The van der Waals surface area contributed by atoms with Crippen LogP contribution < -0.4 is 5.32 Å². The van der Waals surface area contributed by atoms with E-state index < -0.39 is 5.82 Å². The molecule has 0 aliphatic carbocycles. The van der Waals surface area contributed by atoms with Crippen LogP contribution in [0, 0.1) is 17.1 Å². The average molecular weight is 378 g/mol. The van der Waals surface area contributed by atoms with Crippen LogP contribution in [0.5, 0.6) is 0 Å². The Hall–Kier alpha value is -3.64. The summed E-state index contributed by atoms with van der Waals surface area (Å²) in [6, 6.07) is 7.96. The van der Waals surface area contributed by atoms with Crippen LogP contribution in [-0.4, -0.2) is 25.5 Å². The summed E-state index contributed by atoms with van der Waals surface area (Å²) in [6.07, 6.45) is 6.88. The Labute approximate surface area is 156 Å². The Morgan fingerprint density at radius 2 is 2.22 bits per heavy atom. The molecule has 0 bridgehead atoms. The summed E-state index contributed by atoms with van der Waals surface area (Å²) in [4.78, 5) is 21.7. The first-order chi connectivity index (χ1) is 13.1. The van der Waals surface area contributed by atoms with Gasteiger partial charge in [-0.15, -0.1) is 11.3 Å². The third-order valence-electron chi connectivity index (χ3n) is 3.83. The molecule has 4 rings (SSSR count). The SMILES string of the molecule is N#Cc1cc(Cc2cnc(NC(=O)c3cnn4cccnc34)s2)ccc1F. The highest BCUT2D eigenvalue weighted by molar-refractivity contribution is 7.15. The first-order valence-electron chi connectivity index (χ1n) is 7.87. The minimum absolute atomic E-state index is 0.00567. The summed E-state index contributed by atoms with van der Waals surface area (Å²) >= 11 is 1.31. The Kier molecular flexibility index (Phi) is 4.32. The lowest BCUT2D eigenvalue weighted by atomic mass is 10.1. The van der Waals surface area contributed by atoms with E-state index in [2.05, 4.69) is 20.4 Å². The Morgan fingerprint density at radius 1 is 1.33 bits per heavy atom. The number of carbonyl (C=O) groups excluding carboxylic acids is 1. The molecule has 1 N–H and O–H groups in total. The third kappa shape index (κ3) is 3.38. The van der Waals surface area contributed by atoms with E-state index in [9.17, 15) is 9.18 Å². The highest BCUT2D eigenvalue weighted by Crippen LogP contribution is 2.23. The van der Waals surface area contributed by atoms with E-state index in [1.807, 2.05) is 6.07 Å². The van der Waals surface area contributed by atoms with Gasteiger partial charge in [0.15, 0.2) is 10.8 Å². The quantitative estimate of drug-likeness (QED) is 0.589. The van der Waals surface area contributed by atoms with Crippen molar-refractivity contribution in [3.8, 4) is 6.07 Å². The van der Waals surface area contributed by atoms with Gasteiger partial charge in [0, 0.05) is 29.9 Å². The van der Waals surface area contributed by atoms with Gasteiger partial charge in [0.25, 0.3) is 5.91 Å². The number of thiazole rings is 1. The molecule has 0 aliphatic heterocycles. The van der Waals surface area contributed by atoms with Crippen LogP contribution >= 0.6 is 11.3 Å². The lowest BCUT2D eigenvalue weighted by molar-refractivity contribution is 0.102. The van der Waals surface area contributed by atoms with Gasteiger partial charge in [-0.2, -0.15) is 10.4 Å². The normalized spacial score (nSPS) is 10.7. The molecule has 3 heterocycles. The monoisotopic (exact) mass is 378 g/mol. The molecule has 0 saturated heterocycles. The average Bonchev–Trinajstić information content (AvgIpc) is 3.30. The van der Waals surface area contributed by atoms with Crippen molar-refractivity contribution in [3.05, 3.63) is 76.4 Å². The maximum atomic E-state index is 13.4. The summed E-state index contributed by atoms with van der Waals surface area (Å²) in [7, 11) is 0. The van der Waals surface area contributed by atoms with Crippen molar-refractivity contribution in [1.82, 2.24) is 19.6 Å². The van der Waals surface area contributed by atoms with Gasteiger partial charge < -0.3 is 0 Å². The second-order valence-corrected chi connectivity index (χ2v) is 6.75. The number of anilines is 1. The van der Waals surface area contributed by atoms with Crippen molar-refractivity contribution in [3.63, 3.8) is 0 Å². The van der Waals surface area contributed by atoms with Crippen LogP contribution in [0.3, 0.4) is 0 Å². The van der Waals surface area contributed by atoms with Crippen molar-refractivity contribution >= 4 is 28.0 Å². The molecule has 0 atom stereocenters. The number of carbonyl (C=O) groups is 1. The Bertz CT molecular complexity index is 1190. The van der Waals surface area contributed by atoms with E-state index in [4.69, 9.17) is 5.26 Å². The lowest BCUT2D eigenvalue weighted by Crippen LogP contribution is -2.11. The van der Waals surface area contributed by atoms with Crippen LogP contribution in [0.4, 0.5) is 9.52 Å². The number of benzene rings is 1. The maximum absolute atomic E-state index is 13.4. The smallest absolute Gasteiger partial charge is 0.262 e. The maximum Gasteiger partial charge on any atom is 0.262 e. The number of fused-ring (bicyclic) bond motifs is 1. The summed E-state index contributed by atoms with van der Waals surface area (Å²) in [5.74, 6) is -0.890. The second kappa shape index (κ2) is 6.93. The number of rotatable bonds is 4. The molecule has 132 valence electrons. The second-order valence-electron chi connectivity index (χ2n) is 5.63. The van der Waals surface area contributed by atoms with Crippen LogP contribution in [0.25, 0.3) is 5.65 Å². The summed E-state index contributed by atoms with van der Waals surface area (Å²) in [5.41, 5.74) is 1.61. The molecule has 0 aliphatic rings. The first kappa shape index (κ1) is 16.8. The molecule has 1 amide bonds. The standard InChI is InChI=1S/C18H11FN6OS/c19-15-3-2-11(6-12(15)8-20)7-13-9-22-18(27-13)24-17(26)14-10-23-25-5-1-4-21-16(14)25/h1-6,9-10H,7H2,(H,22,24,26). The minimum atomic E-state index is -0.541. The Morgan fingerprint density at radius 3 is 3.07 bits per heavy atom. The van der Waals surface area contributed by atoms with E-state index in [0.717, 1.165) is 10.4 Å². The number of hydrogen-bond donors (Lipinski definition) is 1. The van der Waals surface area contributed by atoms with Crippen molar-refractivity contribution in [1.29, 1.82) is 5.26 Å². The largest absolute Gasteiger partial charge is 0.298 e. The summed E-state index contributed by atoms with van der Waals surface area (Å²) < 4.78 is 14.9. The number of amides is 1. The van der Waals surface area contributed by atoms with Crippen molar-refractivity contribution in [2.45, 2.75) is 6.42 Å². The molecule has 0 saturated carbocycles. The zero-order valence-electron chi connectivity index (χ0n) is 13.8. The van der Waals surface area contributed by atoms with E-state index in [0.29, 0.717) is 22.8 Å². The molecule has 0 spiro atoms. The van der Waals surface area contributed by atoms with E-state index >= 15 is 0 Å². The molecule has 0 fully saturated rings.